The van der Waals surface area contributed by atoms with Crippen LogP contribution in [0.25, 0.3) is 0 Å². The van der Waals surface area contributed by atoms with Gasteiger partial charge in [0.15, 0.2) is 0 Å². The van der Waals surface area contributed by atoms with Crippen LogP contribution in [0.4, 0.5) is 0 Å². The summed E-state index contributed by atoms with van der Waals surface area (Å²) in [5, 5.41) is 4.12. The summed E-state index contributed by atoms with van der Waals surface area (Å²) in [5.41, 5.74) is 11.2. The molecule has 4 heteroatoms. The van der Waals surface area contributed by atoms with E-state index in [2.05, 4.69) is 48.6 Å². The van der Waals surface area contributed by atoms with Crippen molar-refractivity contribution in [2.24, 2.45) is 5.73 Å². The van der Waals surface area contributed by atoms with E-state index < -0.39 is 0 Å². The maximum Gasteiger partial charge on any atom is 0.0801 e. The summed E-state index contributed by atoms with van der Waals surface area (Å²) >= 11 is 1.42. The van der Waals surface area contributed by atoms with Crippen molar-refractivity contribution < 1.29 is 0 Å². The van der Waals surface area contributed by atoms with E-state index in [9.17, 15) is 0 Å². The lowest BCUT2D eigenvalue weighted by atomic mass is 10.00. The third kappa shape index (κ3) is 2.76. The number of aromatic nitrogens is 2. The molecule has 0 aliphatic carbocycles. The zero-order chi connectivity index (χ0) is 13.1. The first-order valence-corrected chi connectivity index (χ1v) is 7.02. The van der Waals surface area contributed by atoms with Crippen molar-refractivity contribution in [1.82, 2.24) is 9.59 Å². The van der Waals surface area contributed by atoms with Crippen LogP contribution in [-0.2, 0) is 12.8 Å². The molecule has 2 N–H and O–H groups in total. The van der Waals surface area contributed by atoms with E-state index in [1.807, 2.05) is 0 Å². The van der Waals surface area contributed by atoms with Gasteiger partial charge in [-0.15, -0.1) is 5.10 Å². The maximum atomic E-state index is 6.27. The summed E-state index contributed by atoms with van der Waals surface area (Å²) in [7, 11) is 0. The van der Waals surface area contributed by atoms with Crippen LogP contribution in [0.15, 0.2) is 18.2 Å². The molecule has 1 atom stereocenters. The van der Waals surface area contributed by atoms with Gasteiger partial charge in [-0.25, -0.2) is 0 Å². The first-order valence-electron chi connectivity index (χ1n) is 6.24. The molecule has 3 nitrogen and oxygen atoms in total. The van der Waals surface area contributed by atoms with Gasteiger partial charge in [0.05, 0.1) is 10.6 Å². The van der Waals surface area contributed by atoms with Gasteiger partial charge in [0.2, 0.25) is 0 Å². The molecule has 18 heavy (non-hydrogen) atoms. The lowest BCUT2D eigenvalue weighted by Gasteiger charge is -2.11. The number of hydrogen-bond acceptors (Lipinski definition) is 4. The van der Waals surface area contributed by atoms with Crippen LogP contribution in [0.5, 0.6) is 0 Å². The Morgan fingerprint density at radius 3 is 2.72 bits per heavy atom. The first-order chi connectivity index (χ1) is 8.61. The number of benzene rings is 1. The molecule has 1 unspecified atom stereocenters. The van der Waals surface area contributed by atoms with Crippen LogP contribution in [0.3, 0.4) is 0 Å². The molecule has 0 saturated heterocycles. The molecule has 1 heterocycles. The van der Waals surface area contributed by atoms with Crippen LogP contribution in [-0.4, -0.2) is 9.59 Å². The van der Waals surface area contributed by atoms with E-state index in [4.69, 9.17) is 5.73 Å². The van der Waals surface area contributed by atoms with Gasteiger partial charge in [-0.2, -0.15) is 0 Å². The van der Waals surface area contributed by atoms with Crippen LogP contribution in [0, 0.1) is 13.8 Å². The molecule has 0 radical (unpaired) electrons. The molecule has 0 aliphatic heterocycles. The minimum Gasteiger partial charge on any atom is -0.323 e. The lowest BCUT2D eigenvalue weighted by molar-refractivity contribution is 0.721. The van der Waals surface area contributed by atoms with E-state index in [-0.39, 0.29) is 6.04 Å². The average Bonchev–Trinajstić information content (AvgIpc) is 2.82. The molecule has 2 rings (SSSR count). The molecule has 2 aromatic rings. The topological polar surface area (TPSA) is 51.8 Å². The smallest absolute Gasteiger partial charge is 0.0801 e. The predicted molar refractivity (Wildman–Crippen MR) is 75.8 cm³/mol. The number of rotatable bonds is 4. The standard InChI is InChI=1S/C14H19N3S/c1-4-13-14(18-17-16-13)12(15)8-11-6-5-9(2)10(3)7-11/h5-7,12H,4,8,15H2,1-3H3. The summed E-state index contributed by atoms with van der Waals surface area (Å²) in [5.74, 6) is 0. The molecule has 1 aromatic carbocycles. The van der Waals surface area contributed by atoms with Crippen molar-refractivity contribution in [3.63, 3.8) is 0 Å². The van der Waals surface area contributed by atoms with Crippen LogP contribution >= 0.6 is 11.5 Å². The van der Waals surface area contributed by atoms with Crippen molar-refractivity contribution in [2.45, 2.75) is 39.7 Å². The molecule has 1 aromatic heterocycles. The fourth-order valence-corrected chi connectivity index (χ4v) is 2.76. The molecular weight excluding hydrogens is 242 g/mol. The summed E-state index contributed by atoms with van der Waals surface area (Å²) in [6.07, 6.45) is 1.74. The number of hydrogen-bond donors (Lipinski definition) is 1. The van der Waals surface area contributed by atoms with Gasteiger partial charge in [0.25, 0.3) is 0 Å². The molecular formula is C14H19N3S. The number of aryl methyl sites for hydroxylation is 3. The number of nitrogens with two attached hydrogens (primary N) is 1. The van der Waals surface area contributed by atoms with Gasteiger partial charge >= 0.3 is 0 Å². The highest BCUT2D eigenvalue weighted by Crippen LogP contribution is 2.23. The fourth-order valence-electron chi connectivity index (χ4n) is 2.02. The second-order valence-corrected chi connectivity index (χ2v) is 5.45. The molecule has 0 fully saturated rings. The Morgan fingerprint density at radius 2 is 2.06 bits per heavy atom. The summed E-state index contributed by atoms with van der Waals surface area (Å²) in [6.45, 7) is 6.35. The van der Waals surface area contributed by atoms with Gasteiger partial charge in [0, 0.05) is 6.04 Å². The Bertz CT molecular complexity index is 534. The highest BCUT2D eigenvalue weighted by Gasteiger charge is 2.15. The summed E-state index contributed by atoms with van der Waals surface area (Å²) < 4.78 is 4.00. The summed E-state index contributed by atoms with van der Waals surface area (Å²) in [6, 6.07) is 6.53. The van der Waals surface area contributed by atoms with Crippen LogP contribution < -0.4 is 5.73 Å². The number of nitrogens with zero attached hydrogens (tertiary/aromatic N) is 2. The third-order valence-corrected chi connectivity index (χ3v) is 4.18. The van der Waals surface area contributed by atoms with Gasteiger partial charge in [-0.3, -0.25) is 0 Å². The fraction of sp³-hybridized carbons (Fsp3) is 0.429. The Hall–Kier alpha value is -1.26. The molecule has 0 amide bonds. The van der Waals surface area contributed by atoms with Crippen molar-refractivity contribution in [3.8, 4) is 0 Å². The minimum atomic E-state index is 0.00190. The lowest BCUT2D eigenvalue weighted by Crippen LogP contribution is -2.13. The Labute approximate surface area is 112 Å². The van der Waals surface area contributed by atoms with E-state index in [0.717, 1.165) is 23.4 Å². The minimum absolute atomic E-state index is 0.00190. The molecule has 0 bridgehead atoms. The van der Waals surface area contributed by atoms with Crippen LogP contribution in [0.2, 0.25) is 0 Å². The normalized spacial score (nSPS) is 12.7. The van der Waals surface area contributed by atoms with E-state index in [0.29, 0.717) is 0 Å². The van der Waals surface area contributed by atoms with Gasteiger partial charge in [-0.05, 0) is 54.9 Å². The Balaban J connectivity index is 2.16. The van der Waals surface area contributed by atoms with Crippen molar-refractivity contribution in [1.29, 1.82) is 0 Å². The van der Waals surface area contributed by atoms with Gasteiger partial charge in [-0.1, -0.05) is 29.6 Å². The zero-order valence-electron chi connectivity index (χ0n) is 11.1. The third-order valence-electron chi connectivity index (χ3n) is 3.28. The Morgan fingerprint density at radius 1 is 1.28 bits per heavy atom. The average molecular weight is 261 g/mol. The first kappa shape index (κ1) is 13.2. The van der Waals surface area contributed by atoms with Crippen molar-refractivity contribution >= 4 is 11.5 Å². The van der Waals surface area contributed by atoms with E-state index in [1.165, 1.54) is 28.2 Å². The molecule has 0 aliphatic rings. The SMILES string of the molecule is CCc1nnsc1C(N)Cc1ccc(C)c(C)c1. The Kier molecular flexibility index (Phi) is 4.09. The summed E-state index contributed by atoms with van der Waals surface area (Å²) in [4.78, 5) is 1.12. The molecule has 0 saturated carbocycles. The molecule has 0 spiro atoms. The largest absolute Gasteiger partial charge is 0.323 e. The van der Waals surface area contributed by atoms with Crippen molar-refractivity contribution in [2.75, 3.05) is 0 Å². The highest BCUT2D eigenvalue weighted by molar-refractivity contribution is 7.05. The van der Waals surface area contributed by atoms with Crippen molar-refractivity contribution in [3.05, 3.63) is 45.5 Å². The maximum absolute atomic E-state index is 6.27. The molecule has 96 valence electrons. The predicted octanol–water partition coefficient (Wildman–Crippen LogP) is 2.96. The monoisotopic (exact) mass is 261 g/mol. The zero-order valence-corrected chi connectivity index (χ0v) is 11.9. The van der Waals surface area contributed by atoms with Crippen LogP contribution in [0.1, 0.15) is 40.2 Å². The quantitative estimate of drug-likeness (QED) is 0.920. The van der Waals surface area contributed by atoms with Gasteiger partial charge < -0.3 is 5.73 Å². The van der Waals surface area contributed by atoms with E-state index in [1.54, 1.807) is 0 Å². The van der Waals surface area contributed by atoms with E-state index >= 15 is 0 Å². The van der Waals surface area contributed by atoms with Gasteiger partial charge in [0.1, 0.15) is 0 Å². The highest BCUT2D eigenvalue weighted by atomic mass is 32.1. The second-order valence-electron chi connectivity index (χ2n) is 4.67. The second kappa shape index (κ2) is 5.59.